The quantitative estimate of drug-likeness (QED) is 0.593. The molecule has 1 unspecified atom stereocenters. The molecule has 1 aliphatic carbocycles. The van der Waals surface area contributed by atoms with Gasteiger partial charge >= 0.3 is 6.03 Å². The number of hydrogen-bond acceptors (Lipinski definition) is 2. The molecule has 29 heavy (non-hydrogen) atoms. The van der Waals surface area contributed by atoms with Crippen molar-refractivity contribution in [1.82, 2.24) is 10.2 Å². The number of carbonyl (C=O) groups is 2. The molecular formula is C23H28BrN3O2. The van der Waals surface area contributed by atoms with Gasteiger partial charge in [-0.25, -0.2) is 4.79 Å². The molecule has 6 heteroatoms. The Morgan fingerprint density at radius 1 is 1.10 bits per heavy atom. The average Bonchev–Trinajstić information content (AvgIpc) is 2.73. The molecule has 3 rings (SSSR count). The van der Waals surface area contributed by atoms with Gasteiger partial charge in [0.25, 0.3) is 0 Å². The smallest absolute Gasteiger partial charge is 0.321 e. The Bertz CT molecular complexity index is 838. The third-order valence-corrected chi connectivity index (χ3v) is 5.72. The van der Waals surface area contributed by atoms with Crippen LogP contribution in [0.5, 0.6) is 0 Å². The maximum Gasteiger partial charge on any atom is 0.321 e. The fourth-order valence-corrected chi connectivity index (χ4v) is 3.99. The molecule has 0 fully saturated rings. The molecule has 0 aliphatic heterocycles. The van der Waals surface area contributed by atoms with Gasteiger partial charge in [-0.15, -0.1) is 0 Å². The fraction of sp³-hybridized carbons (Fsp3) is 0.391. The largest absolute Gasteiger partial charge is 0.349 e. The molecule has 0 aromatic heterocycles. The van der Waals surface area contributed by atoms with E-state index >= 15 is 0 Å². The molecule has 154 valence electrons. The molecule has 0 heterocycles. The Morgan fingerprint density at radius 3 is 2.62 bits per heavy atom. The fourth-order valence-electron chi connectivity index (χ4n) is 3.73. The number of rotatable bonds is 7. The summed E-state index contributed by atoms with van der Waals surface area (Å²) in [6, 6.07) is 15.7. The summed E-state index contributed by atoms with van der Waals surface area (Å²) in [6.07, 6.45) is 4.26. The number of anilines is 1. The van der Waals surface area contributed by atoms with Crippen molar-refractivity contribution in [2.45, 2.75) is 45.1 Å². The molecule has 0 saturated heterocycles. The third-order valence-electron chi connectivity index (χ3n) is 5.19. The van der Waals surface area contributed by atoms with Gasteiger partial charge in [-0.3, -0.25) is 4.79 Å². The number of nitrogens with one attached hydrogen (secondary N) is 2. The van der Waals surface area contributed by atoms with Gasteiger partial charge < -0.3 is 15.5 Å². The predicted molar refractivity (Wildman–Crippen MR) is 120 cm³/mol. The normalized spacial score (nSPS) is 15.3. The minimum atomic E-state index is -0.176. The lowest BCUT2D eigenvalue weighted by Crippen LogP contribution is -2.39. The molecule has 2 aromatic carbocycles. The summed E-state index contributed by atoms with van der Waals surface area (Å²) in [7, 11) is 0. The Morgan fingerprint density at radius 2 is 1.86 bits per heavy atom. The maximum absolute atomic E-state index is 12.6. The summed E-state index contributed by atoms with van der Waals surface area (Å²) in [4.78, 5) is 26.9. The monoisotopic (exact) mass is 457 g/mol. The van der Waals surface area contributed by atoms with Crippen LogP contribution in [0.15, 0.2) is 53.0 Å². The molecule has 0 spiro atoms. The Hall–Kier alpha value is -2.34. The highest BCUT2D eigenvalue weighted by Crippen LogP contribution is 2.29. The lowest BCUT2D eigenvalue weighted by atomic mass is 9.87. The molecule has 1 aliphatic rings. The number of hydrogen-bond donors (Lipinski definition) is 2. The first-order valence-corrected chi connectivity index (χ1v) is 11.0. The number of carbonyl (C=O) groups excluding carboxylic acids is 2. The summed E-state index contributed by atoms with van der Waals surface area (Å²) in [5.41, 5.74) is 3.29. The van der Waals surface area contributed by atoms with Crippen LogP contribution in [-0.4, -0.2) is 29.9 Å². The van der Waals surface area contributed by atoms with E-state index in [2.05, 4.69) is 44.8 Å². The summed E-state index contributed by atoms with van der Waals surface area (Å²) in [6.45, 7) is 3.04. The summed E-state index contributed by atoms with van der Waals surface area (Å²) >= 11 is 3.39. The first-order chi connectivity index (χ1) is 14.1. The van der Waals surface area contributed by atoms with Crippen LogP contribution in [0, 0.1) is 0 Å². The SMILES string of the molecule is CCCN(CCC(=O)NC1CCCc2ccccc21)C(=O)Nc1ccc(Br)cc1. The van der Waals surface area contributed by atoms with E-state index in [4.69, 9.17) is 0 Å². The first kappa shape index (κ1) is 21.4. The standard InChI is InChI=1S/C23H28BrN3O2/c1-2-15-27(23(29)25-19-12-10-18(24)11-13-19)16-14-22(28)26-21-9-5-7-17-6-3-4-8-20(17)21/h3-4,6,8,10-13,21H,2,5,7,9,14-16H2,1H3,(H,25,29)(H,26,28). The van der Waals surface area contributed by atoms with Gasteiger partial charge in [-0.1, -0.05) is 47.1 Å². The molecule has 0 bridgehead atoms. The zero-order valence-corrected chi connectivity index (χ0v) is 18.4. The molecule has 0 saturated carbocycles. The third kappa shape index (κ3) is 6.07. The summed E-state index contributed by atoms with van der Waals surface area (Å²) in [5, 5.41) is 6.07. The number of nitrogens with zero attached hydrogens (tertiary/aromatic N) is 1. The van der Waals surface area contributed by atoms with E-state index in [9.17, 15) is 9.59 Å². The Labute approximate surface area is 181 Å². The number of urea groups is 1. The van der Waals surface area contributed by atoms with Crippen LogP contribution < -0.4 is 10.6 Å². The molecule has 2 aromatic rings. The van der Waals surface area contributed by atoms with Crippen molar-refractivity contribution in [3.05, 3.63) is 64.1 Å². The van der Waals surface area contributed by atoms with Crippen molar-refractivity contribution in [2.24, 2.45) is 0 Å². The van der Waals surface area contributed by atoms with Gasteiger partial charge in [0.15, 0.2) is 0 Å². The van der Waals surface area contributed by atoms with Crippen LogP contribution in [0.3, 0.4) is 0 Å². The van der Waals surface area contributed by atoms with E-state index < -0.39 is 0 Å². The predicted octanol–water partition coefficient (Wildman–Crippen LogP) is 5.28. The molecule has 3 amide bonds. The van der Waals surface area contributed by atoms with Crippen LogP contribution in [0.1, 0.15) is 49.8 Å². The zero-order valence-electron chi connectivity index (χ0n) is 16.8. The first-order valence-electron chi connectivity index (χ1n) is 10.3. The van der Waals surface area contributed by atoms with Gasteiger partial charge in [-0.2, -0.15) is 0 Å². The number of amides is 3. The van der Waals surface area contributed by atoms with Crippen molar-refractivity contribution in [1.29, 1.82) is 0 Å². The van der Waals surface area contributed by atoms with E-state index in [1.54, 1.807) is 4.90 Å². The second-order valence-electron chi connectivity index (χ2n) is 7.39. The molecule has 0 radical (unpaired) electrons. The highest BCUT2D eigenvalue weighted by atomic mass is 79.9. The summed E-state index contributed by atoms with van der Waals surface area (Å²) < 4.78 is 0.960. The van der Waals surface area contributed by atoms with Crippen molar-refractivity contribution >= 4 is 33.6 Å². The summed E-state index contributed by atoms with van der Waals surface area (Å²) in [5.74, 6) is -0.00996. The van der Waals surface area contributed by atoms with Crippen molar-refractivity contribution < 1.29 is 9.59 Å². The highest BCUT2D eigenvalue weighted by Gasteiger charge is 2.22. The zero-order chi connectivity index (χ0) is 20.6. The Balaban J connectivity index is 1.54. The maximum atomic E-state index is 12.6. The second kappa shape index (κ2) is 10.4. The Kier molecular flexibility index (Phi) is 7.69. The van der Waals surface area contributed by atoms with Gasteiger partial charge in [0, 0.05) is 29.7 Å². The minimum absolute atomic E-state index is 0.00996. The molecule has 1 atom stereocenters. The van der Waals surface area contributed by atoms with Crippen LogP contribution in [0.2, 0.25) is 0 Å². The van der Waals surface area contributed by atoms with Gasteiger partial charge in [0.05, 0.1) is 6.04 Å². The lowest BCUT2D eigenvalue weighted by molar-refractivity contribution is -0.122. The second-order valence-corrected chi connectivity index (χ2v) is 8.30. The van der Waals surface area contributed by atoms with Crippen molar-refractivity contribution in [2.75, 3.05) is 18.4 Å². The van der Waals surface area contributed by atoms with E-state index in [0.29, 0.717) is 19.5 Å². The van der Waals surface area contributed by atoms with Gasteiger partial charge in [0.2, 0.25) is 5.91 Å². The lowest BCUT2D eigenvalue weighted by Gasteiger charge is -2.27. The van der Waals surface area contributed by atoms with Gasteiger partial charge in [0.1, 0.15) is 0 Å². The van der Waals surface area contributed by atoms with E-state index in [0.717, 1.165) is 35.8 Å². The van der Waals surface area contributed by atoms with E-state index in [1.807, 2.05) is 37.3 Å². The van der Waals surface area contributed by atoms with Crippen LogP contribution in [0.25, 0.3) is 0 Å². The van der Waals surface area contributed by atoms with Crippen molar-refractivity contribution in [3.63, 3.8) is 0 Å². The number of aryl methyl sites for hydroxylation is 1. The van der Waals surface area contributed by atoms with Gasteiger partial charge in [-0.05, 0) is 61.1 Å². The molecule has 5 nitrogen and oxygen atoms in total. The highest BCUT2D eigenvalue weighted by molar-refractivity contribution is 9.10. The topological polar surface area (TPSA) is 61.4 Å². The average molecular weight is 458 g/mol. The number of halogens is 1. The molecule has 2 N–H and O–H groups in total. The van der Waals surface area contributed by atoms with E-state index in [1.165, 1.54) is 11.1 Å². The molecular weight excluding hydrogens is 430 g/mol. The minimum Gasteiger partial charge on any atom is -0.349 e. The van der Waals surface area contributed by atoms with Crippen LogP contribution in [0.4, 0.5) is 10.5 Å². The number of fused-ring (bicyclic) bond motifs is 1. The van der Waals surface area contributed by atoms with E-state index in [-0.39, 0.29) is 18.0 Å². The van der Waals surface area contributed by atoms with Crippen LogP contribution in [-0.2, 0) is 11.2 Å². The number of benzene rings is 2. The van der Waals surface area contributed by atoms with Crippen LogP contribution >= 0.6 is 15.9 Å². The van der Waals surface area contributed by atoms with Crippen molar-refractivity contribution in [3.8, 4) is 0 Å².